The van der Waals surface area contributed by atoms with E-state index in [-0.39, 0.29) is 0 Å². The first-order valence-electron chi connectivity index (χ1n) is 3.28. The third-order valence-corrected chi connectivity index (χ3v) is 1.33. The number of thiol groups is 1. The Morgan fingerprint density at radius 1 is 1.17 bits per heavy atom. The molecule has 0 spiro atoms. The molecule has 1 aromatic carbocycles. The molecule has 0 saturated carbocycles. The Bertz CT molecular complexity index is 316. The average molecular weight is 184 g/mol. The van der Waals surface area contributed by atoms with E-state index >= 15 is 0 Å². The molecule has 12 heavy (non-hydrogen) atoms. The van der Waals surface area contributed by atoms with Gasteiger partial charge >= 0.3 is 0 Å². The van der Waals surface area contributed by atoms with Crippen molar-refractivity contribution >= 4 is 12.6 Å². The molecule has 0 aliphatic heterocycles. The van der Waals surface area contributed by atoms with Gasteiger partial charge in [-0.05, 0) is 12.1 Å². The van der Waals surface area contributed by atoms with Gasteiger partial charge < -0.3 is 0 Å². The van der Waals surface area contributed by atoms with Gasteiger partial charge in [-0.2, -0.15) is 12.6 Å². The molecule has 0 amide bonds. The number of hydrogen-bond donors (Lipinski definition) is 1. The average Bonchev–Trinajstić information content (AvgIpc) is 1.99. The molecular weight excluding hydrogens is 178 g/mol. The predicted octanol–water partition coefficient (Wildman–Crippen LogP) is 2.25. The van der Waals surface area contributed by atoms with Crippen molar-refractivity contribution in [2.24, 2.45) is 0 Å². The van der Waals surface area contributed by atoms with Gasteiger partial charge in [-0.25, -0.2) is 8.78 Å². The number of rotatable bonds is 0. The fourth-order valence-corrected chi connectivity index (χ4v) is 0.847. The normalized spacial score (nSPS) is 8.92. The first-order chi connectivity index (χ1) is 5.72. The Hall–Kier alpha value is -1.01. The highest BCUT2D eigenvalue weighted by atomic mass is 32.1. The lowest BCUT2D eigenvalue weighted by molar-refractivity contribution is 0.582. The van der Waals surface area contributed by atoms with E-state index < -0.39 is 11.6 Å². The minimum absolute atomic E-state index is 0.335. The lowest BCUT2D eigenvalue weighted by atomic mass is 10.2. The molecule has 1 aromatic rings. The third-order valence-electron chi connectivity index (χ3n) is 1.17. The SMILES string of the molecule is Fc1cc(F)cc(C#CCS)c1. The van der Waals surface area contributed by atoms with Crippen molar-refractivity contribution in [1.82, 2.24) is 0 Å². The lowest BCUT2D eigenvalue weighted by Gasteiger charge is -1.91. The summed E-state index contributed by atoms with van der Waals surface area (Å²) in [5, 5.41) is 0. The van der Waals surface area contributed by atoms with Crippen LogP contribution in [0.25, 0.3) is 0 Å². The maximum Gasteiger partial charge on any atom is 0.127 e. The Morgan fingerprint density at radius 2 is 1.75 bits per heavy atom. The van der Waals surface area contributed by atoms with Crippen molar-refractivity contribution in [3.05, 3.63) is 35.4 Å². The highest BCUT2D eigenvalue weighted by molar-refractivity contribution is 7.80. The van der Waals surface area contributed by atoms with Crippen LogP contribution in [0.5, 0.6) is 0 Å². The molecule has 0 saturated heterocycles. The fourth-order valence-electron chi connectivity index (χ4n) is 0.768. The molecule has 0 aromatic heterocycles. The van der Waals surface area contributed by atoms with Crippen LogP contribution < -0.4 is 0 Å². The topological polar surface area (TPSA) is 0 Å². The number of halogens is 2. The zero-order valence-corrected chi connectivity index (χ0v) is 7.04. The van der Waals surface area contributed by atoms with Crippen molar-refractivity contribution in [3.63, 3.8) is 0 Å². The third kappa shape index (κ3) is 2.55. The Labute approximate surface area is 75.0 Å². The first kappa shape index (κ1) is 9.08. The van der Waals surface area contributed by atoms with Gasteiger partial charge in [0.15, 0.2) is 0 Å². The first-order valence-corrected chi connectivity index (χ1v) is 3.91. The Morgan fingerprint density at radius 3 is 2.25 bits per heavy atom. The van der Waals surface area contributed by atoms with E-state index in [1.165, 1.54) is 12.1 Å². The summed E-state index contributed by atoms with van der Waals surface area (Å²) in [6.07, 6.45) is 0. The molecule has 3 heteroatoms. The summed E-state index contributed by atoms with van der Waals surface area (Å²) in [5.41, 5.74) is 0.335. The van der Waals surface area contributed by atoms with Crippen LogP contribution in [0.4, 0.5) is 8.78 Å². The molecule has 0 unspecified atom stereocenters. The predicted molar refractivity (Wildman–Crippen MR) is 47.1 cm³/mol. The maximum absolute atomic E-state index is 12.5. The largest absolute Gasteiger partial charge is 0.207 e. The lowest BCUT2D eigenvalue weighted by Crippen LogP contribution is -1.82. The molecule has 0 bridgehead atoms. The minimum Gasteiger partial charge on any atom is -0.207 e. The van der Waals surface area contributed by atoms with Crippen LogP contribution in [0.2, 0.25) is 0 Å². The summed E-state index contributed by atoms with van der Waals surface area (Å²) in [5.74, 6) is 4.32. The summed E-state index contributed by atoms with van der Waals surface area (Å²) >= 11 is 3.84. The molecule has 0 aliphatic carbocycles. The molecule has 1 rings (SSSR count). The van der Waals surface area contributed by atoms with E-state index in [2.05, 4.69) is 24.5 Å². The minimum atomic E-state index is -0.613. The zero-order valence-electron chi connectivity index (χ0n) is 6.14. The van der Waals surface area contributed by atoms with Crippen molar-refractivity contribution in [2.45, 2.75) is 0 Å². The van der Waals surface area contributed by atoms with Gasteiger partial charge in [-0.15, -0.1) is 0 Å². The zero-order chi connectivity index (χ0) is 8.97. The second-order valence-corrected chi connectivity index (χ2v) is 2.43. The molecule has 0 nitrogen and oxygen atoms in total. The monoisotopic (exact) mass is 184 g/mol. The van der Waals surface area contributed by atoms with Crippen LogP contribution in [-0.2, 0) is 0 Å². The summed E-state index contributed by atoms with van der Waals surface area (Å²) in [4.78, 5) is 0. The maximum atomic E-state index is 12.5. The van der Waals surface area contributed by atoms with Crippen LogP contribution in [0.3, 0.4) is 0 Å². The van der Waals surface area contributed by atoms with Gasteiger partial charge in [0.25, 0.3) is 0 Å². The van der Waals surface area contributed by atoms with Crippen molar-refractivity contribution in [2.75, 3.05) is 5.75 Å². The van der Waals surface area contributed by atoms with Crippen LogP contribution in [0.1, 0.15) is 5.56 Å². The summed E-state index contributed by atoms with van der Waals surface area (Å²) < 4.78 is 25.1. The van der Waals surface area contributed by atoms with E-state index in [1.54, 1.807) is 0 Å². The van der Waals surface area contributed by atoms with Gasteiger partial charge in [-0.1, -0.05) is 11.8 Å². The molecule has 0 aliphatic rings. The van der Waals surface area contributed by atoms with E-state index in [0.29, 0.717) is 11.3 Å². The van der Waals surface area contributed by atoms with Crippen LogP contribution in [0.15, 0.2) is 18.2 Å². The van der Waals surface area contributed by atoms with Crippen molar-refractivity contribution in [3.8, 4) is 11.8 Å². The van der Waals surface area contributed by atoms with Gasteiger partial charge in [0, 0.05) is 11.6 Å². The standard InChI is InChI=1S/C9H6F2S/c10-8-4-7(2-1-3-12)5-9(11)6-8/h4-6,12H,3H2. The summed E-state index contributed by atoms with van der Waals surface area (Å²) in [6.45, 7) is 0. The second-order valence-electron chi connectivity index (χ2n) is 2.12. The highest BCUT2D eigenvalue weighted by Crippen LogP contribution is 2.06. The Balaban J connectivity index is 3.01. The number of benzene rings is 1. The van der Waals surface area contributed by atoms with Crippen LogP contribution in [-0.4, -0.2) is 5.75 Å². The van der Waals surface area contributed by atoms with Crippen molar-refractivity contribution in [1.29, 1.82) is 0 Å². The van der Waals surface area contributed by atoms with Crippen LogP contribution >= 0.6 is 12.6 Å². The van der Waals surface area contributed by atoms with E-state index in [0.717, 1.165) is 6.07 Å². The van der Waals surface area contributed by atoms with E-state index in [9.17, 15) is 8.78 Å². The molecule has 0 heterocycles. The Kier molecular flexibility index (Phi) is 3.12. The molecule has 62 valence electrons. The van der Waals surface area contributed by atoms with Gasteiger partial charge in [0.2, 0.25) is 0 Å². The molecular formula is C9H6F2S. The number of hydrogen-bond acceptors (Lipinski definition) is 1. The molecule has 0 atom stereocenters. The second kappa shape index (κ2) is 4.13. The van der Waals surface area contributed by atoms with E-state index in [1.807, 2.05) is 0 Å². The fraction of sp³-hybridized carbons (Fsp3) is 0.111. The van der Waals surface area contributed by atoms with E-state index in [4.69, 9.17) is 0 Å². The smallest absolute Gasteiger partial charge is 0.127 e. The summed E-state index contributed by atoms with van der Waals surface area (Å²) in [6, 6.07) is 3.17. The quantitative estimate of drug-likeness (QED) is 0.464. The summed E-state index contributed by atoms with van der Waals surface area (Å²) in [7, 11) is 0. The molecule has 0 N–H and O–H groups in total. The van der Waals surface area contributed by atoms with Gasteiger partial charge in [-0.3, -0.25) is 0 Å². The molecule has 0 fully saturated rings. The van der Waals surface area contributed by atoms with Gasteiger partial charge in [0.1, 0.15) is 11.6 Å². The van der Waals surface area contributed by atoms with Crippen molar-refractivity contribution < 1.29 is 8.78 Å². The van der Waals surface area contributed by atoms with Crippen LogP contribution in [0, 0.1) is 23.5 Å². The molecule has 0 radical (unpaired) electrons. The highest BCUT2D eigenvalue weighted by Gasteiger charge is 1.96. The van der Waals surface area contributed by atoms with Gasteiger partial charge in [0.05, 0.1) is 5.75 Å².